The number of amides is 3. The Balaban J connectivity index is 1.31. The minimum atomic E-state index is -1.14. The Kier molecular flexibility index (Phi) is 12.7. The van der Waals surface area contributed by atoms with Crippen LogP contribution in [0, 0.1) is 0 Å². The summed E-state index contributed by atoms with van der Waals surface area (Å²) in [6.07, 6.45) is 2.81. The molecule has 0 spiro atoms. The predicted molar refractivity (Wildman–Crippen MR) is 187 cm³/mol. The molecule has 0 unspecified atom stereocenters. The summed E-state index contributed by atoms with van der Waals surface area (Å²) in [6.45, 7) is 0.697. The molecule has 5 rings (SSSR count). The van der Waals surface area contributed by atoms with Gasteiger partial charge in [0, 0.05) is 36.3 Å². The Morgan fingerprint density at radius 3 is 2.16 bits per heavy atom. The quantitative estimate of drug-likeness (QED) is 0.116. The molecule has 3 N–H and O–H groups in total. The first-order valence-corrected chi connectivity index (χ1v) is 16.1. The standard InChI is InChI=1S/C38H36ClN5O5/c39-33-14-8-7-13-30(33)19-20-41-36(45)34(21-27-15-17-32(18-16-27)48-24-28-9-3-1-4-10-28)43-37(46)35(22-31-23-40-26-42-31)44-38(47)49-25-29-11-5-2-6-12-29/h1-18,23,26,35H,19-22,24-25H2,(H,40,42)(H,41,45)(H,44,47)/t35-/m0/s1. The second-order valence-electron chi connectivity index (χ2n) is 11.1. The van der Waals surface area contributed by atoms with Crippen LogP contribution in [0.3, 0.4) is 0 Å². The minimum Gasteiger partial charge on any atom is -0.489 e. The number of alkyl carbamates (subject to hydrolysis) is 1. The molecule has 3 amide bonds. The van der Waals surface area contributed by atoms with E-state index in [9.17, 15) is 14.4 Å². The number of hydrogen-bond donors (Lipinski definition) is 3. The van der Waals surface area contributed by atoms with Crippen molar-refractivity contribution < 1.29 is 23.9 Å². The molecule has 1 aromatic heterocycles. The van der Waals surface area contributed by atoms with Crippen LogP contribution in [0.15, 0.2) is 127 Å². The van der Waals surface area contributed by atoms with E-state index in [0.717, 1.165) is 22.3 Å². The van der Waals surface area contributed by atoms with Gasteiger partial charge in [-0.15, -0.1) is 0 Å². The summed E-state index contributed by atoms with van der Waals surface area (Å²) < 4.78 is 11.3. The third kappa shape index (κ3) is 11.2. The van der Waals surface area contributed by atoms with Gasteiger partial charge in [-0.25, -0.2) is 14.8 Å². The fourth-order valence-corrected chi connectivity index (χ4v) is 5.09. The third-order valence-electron chi connectivity index (χ3n) is 7.47. The van der Waals surface area contributed by atoms with Crippen LogP contribution < -0.4 is 15.4 Å². The molecule has 0 saturated carbocycles. The van der Waals surface area contributed by atoms with E-state index < -0.39 is 23.9 Å². The normalized spacial score (nSPS) is 11.7. The summed E-state index contributed by atoms with van der Waals surface area (Å²) in [7, 11) is 0. The van der Waals surface area contributed by atoms with E-state index in [1.807, 2.05) is 91.0 Å². The maximum atomic E-state index is 13.7. The van der Waals surface area contributed by atoms with Gasteiger partial charge >= 0.3 is 6.09 Å². The van der Waals surface area contributed by atoms with Crippen LogP contribution in [-0.4, -0.2) is 46.2 Å². The van der Waals surface area contributed by atoms with Crippen molar-refractivity contribution in [3.8, 4) is 5.75 Å². The van der Waals surface area contributed by atoms with E-state index in [2.05, 4.69) is 25.6 Å². The predicted octanol–water partition coefficient (Wildman–Crippen LogP) is 6.05. The van der Waals surface area contributed by atoms with E-state index in [1.54, 1.807) is 24.4 Å². The Labute approximate surface area is 289 Å². The number of hydrogen-bond acceptors (Lipinski definition) is 6. The van der Waals surface area contributed by atoms with Gasteiger partial charge < -0.3 is 25.1 Å². The molecule has 0 aliphatic rings. The van der Waals surface area contributed by atoms with Crippen LogP contribution >= 0.6 is 11.6 Å². The van der Waals surface area contributed by atoms with Gasteiger partial charge in [-0.3, -0.25) is 9.59 Å². The molecular formula is C38H36ClN5O5. The van der Waals surface area contributed by atoms with Gasteiger partial charge in [0.05, 0.1) is 6.33 Å². The van der Waals surface area contributed by atoms with Crippen molar-refractivity contribution in [2.75, 3.05) is 6.54 Å². The summed E-state index contributed by atoms with van der Waals surface area (Å²) in [5.74, 6) is -0.578. The monoisotopic (exact) mass is 677 g/mol. The van der Waals surface area contributed by atoms with Gasteiger partial charge in [-0.2, -0.15) is 0 Å². The Hall–Kier alpha value is -5.74. The van der Waals surface area contributed by atoms with Crippen molar-refractivity contribution in [2.45, 2.75) is 38.5 Å². The molecule has 49 heavy (non-hydrogen) atoms. The van der Waals surface area contributed by atoms with Crippen LogP contribution in [0.4, 0.5) is 4.79 Å². The zero-order chi connectivity index (χ0) is 34.3. The second kappa shape index (κ2) is 18.0. The third-order valence-corrected chi connectivity index (χ3v) is 7.84. The average molecular weight is 678 g/mol. The number of aliphatic imine (C=N–C) groups is 1. The zero-order valence-corrected chi connectivity index (χ0v) is 27.4. The first-order chi connectivity index (χ1) is 23.9. The SMILES string of the molecule is O=C(N[C@@H](Cc1cnc[nH]1)C(=O)N=C(Cc1ccc(OCc2ccccc2)cc1)C(=O)NCCc1ccccc1Cl)OCc1ccccc1. The lowest BCUT2D eigenvalue weighted by atomic mass is 10.1. The highest BCUT2D eigenvalue weighted by Gasteiger charge is 2.25. The Bertz CT molecular complexity index is 1830. The fourth-order valence-electron chi connectivity index (χ4n) is 4.86. The number of H-pyrrole nitrogens is 1. The van der Waals surface area contributed by atoms with Crippen LogP contribution in [0.2, 0.25) is 5.02 Å². The molecule has 4 aromatic carbocycles. The highest BCUT2D eigenvalue weighted by molar-refractivity contribution is 6.41. The molecule has 0 fully saturated rings. The number of halogens is 1. The fraction of sp³-hybridized carbons (Fsp3) is 0.184. The highest BCUT2D eigenvalue weighted by atomic mass is 35.5. The van der Waals surface area contributed by atoms with Crippen LogP contribution in [0.5, 0.6) is 5.75 Å². The topological polar surface area (TPSA) is 135 Å². The van der Waals surface area contributed by atoms with Gasteiger partial charge in [-0.05, 0) is 46.9 Å². The van der Waals surface area contributed by atoms with E-state index >= 15 is 0 Å². The molecule has 0 aliphatic carbocycles. The molecule has 11 heteroatoms. The number of nitrogens with zero attached hydrogens (tertiary/aromatic N) is 2. The van der Waals surface area contributed by atoms with Crippen molar-refractivity contribution in [1.29, 1.82) is 0 Å². The molecule has 10 nitrogen and oxygen atoms in total. The number of benzene rings is 4. The first kappa shape index (κ1) is 34.6. The summed E-state index contributed by atoms with van der Waals surface area (Å²) >= 11 is 6.30. The van der Waals surface area contributed by atoms with Crippen molar-refractivity contribution in [3.05, 3.63) is 155 Å². The van der Waals surface area contributed by atoms with Crippen LogP contribution in [0.1, 0.15) is 27.9 Å². The summed E-state index contributed by atoms with van der Waals surface area (Å²) in [5, 5.41) is 6.07. The average Bonchev–Trinajstić information content (AvgIpc) is 3.65. The summed E-state index contributed by atoms with van der Waals surface area (Å²) in [5.41, 5.74) is 4.02. The number of imidazole rings is 1. The zero-order valence-electron chi connectivity index (χ0n) is 26.7. The lowest BCUT2D eigenvalue weighted by molar-refractivity contribution is -0.120. The first-order valence-electron chi connectivity index (χ1n) is 15.8. The molecule has 0 bridgehead atoms. The highest BCUT2D eigenvalue weighted by Crippen LogP contribution is 2.17. The maximum absolute atomic E-state index is 13.7. The van der Waals surface area contributed by atoms with Crippen LogP contribution in [-0.2, 0) is 46.8 Å². The van der Waals surface area contributed by atoms with Gasteiger partial charge in [0.2, 0.25) is 0 Å². The lowest BCUT2D eigenvalue weighted by Crippen LogP contribution is -2.43. The minimum absolute atomic E-state index is 0.0174. The molecule has 1 atom stereocenters. The molecule has 250 valence electrons. The van der Waals surface area contributed by atoms with Gasteiger partial charge in [0.15, 0.2) is 0 Å². The van der Waals surface area contributed by atoms with E-state index in [1.165, 1.54) is 6.33 Å². The number of aromatic amines is 1. The van der Waals surface area contributed by atoms with Gasteiger partial charge in [-0.1, -0.05) is 103 Å². The van der Waals surface area contributed by atoms with Gasteiger partial charge in [0.25, 0.3) is 11.8 Å². The van der Waals surface area contributed by atoms with Crippen molar-refractivity contribution in [2.24, 2.45) is 4.99 Å². The second-order valence-corrected chi connectivity index (χ2v) is 11.5. The van der Waals surface area contributed by atoms with Crippen molar-refractivity contribution in [1.82, 2.24) is 20.6 Å². The molecule has 0 radical (unpaired) electrons. The molecule has 5 aromatic rings. The molecular weight excluding hydrogens is 642 g/mol. The number of carbonyl (C=O) groups is 3. The molecule has 1 heterocycles. The van der Waals surface area contributed by atoms with E-state index in [-0.39, 0.29) is 31.7 Å². The summed E-state index contributed by atoms with van der Waals surface area (Å²) in [4.78, 5) is 51.2. The number of aromatic nitrogens is 2. The number of rotatable bonds is 15. The lowest BCUT2D eigenvalue weighted by Gasteiger charge is -2.16. The Morgan fingerprint density at radius 1 is 0.816 bits per heavy atom. The smallest absolute Gasteiger partial charge is 0.408 e. The Morgan fingerprint density at radius 2 is 1.49 bits per heavy atom. The van der Waals surface area contributed by atoms with Crippen molar-refractivity contribution >= 4 is 35.2 Å². The van der Waals surface area contributed by atoms with Gasteiger partial charge in [0.1, 0.15) is 30.7 Å². The number of carbonyl (C=O) groups excluding carboxylic acids is 3. The summed E-state index contributed by atoms with van der Waals surface area (Å²) in [6, 6.07) is 32.5. The molecule has 0 aliphatic heterocycles. The number of nitrogens with one attached hydrogen (secondary N) is 3. The van der Waals surface area contributed by atoms with Crippen LogP contribution in [0.25, 0.3) is 0 Å². The van der Waals surface area contributed by atoms with E-state index in [0.29, 0.717) is 29.5 Å². The maximum Gasteiger partial charge on any atom is 0.408 e. The molecule has 0 saturated heterocycles. The van der Waals surface area contributed by atoms with Crippen molar-refractivity contribution in [3.63, 3.8) is 0 Å². The number of ether oxygens (including phenoxy) is 2. The van der Waals surface area contributed by atoms with E-state index in [4.69, 9.17) is 21.1 Å². The largest absolute Gasteiger partial charge is 0.489 e.